The second kappa shape index (κ2) is 10.4. The lowest BCUT2D eigenvalue weighted by Crippen LogP contribution is -2.35. The van der Waals surface area contributed by atoms with E-state index < -0.39 is 23.1 Å². The highest BCUT2D eigenvalue weighted by molar-refractivity contribution is 6.12. The number of nitrogens with zero attached hydrogens (tertiary/aromatic N) is 2. The van der Waals surface area contributed by atoms with E-state index in [1.54, 1.807) is 42.7 Å². The van der Waals surface area contributed by atoms with Gasteiger partial charge in [-0.05, 0) is 97.6 Å². The molecule has 2 N–H and O–H groups in total. The van der Waals surface area contributed by atoms with Crippen LogP contribution in [0, 0.1) is 18.6 Å². The summed E-state index contributed by atoms with van der Waals surface area (Å²) in [6.07, 6.45) is 4.95. The molecule has 7 rings (SSSR count). The molecule has 0 atom stereocenters. The minimum absolute atomic E-state index is 0.00458. The molecule has 0 radical (unpaired) electrons. The number of halogens is 2. The molecule has 1 fully saturated rings. The maximum absolute atomic E-state index is 16.4. The van der Waals surface area contributed by atoms with Crippen LogP contribution >= 0.6 is 0 Å². The van der Waals surface area contributed by atoms with Gasteiger partial charge in [0.05, 0.1) is 27.7 Å². The van der Waals surface area contributed by atoms with E-state index in [1.165, 1.54) is 31.3 Å². The third kappa shape index (κ3) is 4.57. The van der Waals surface area contributed by atoms with Crippen LogP contribution in [-0.4, -0.2) is 28.8 Å². The molecule has 0 spiro atoms. The van der Waals surface area contributed by atoms with Gasteiger partial charge in [0.15, 0.2) is 0 Å². The molecule has 3 aromatic heterocycles. The number of hydrogen-bond acceptors (Lipinski definition) is 5. The molecule has 7 nitrogen and oxygen atoms in total. The van der Waals surface area contributed by atoms with Gasteiger partial charge in [0.2, 0.25) is 0 Å². The summed E-state index contributed by atoms with van der Waals surface area (Å²) in [4.78, 5) is 35.5. The molecule has 3 aromatic carbocycles. The number of hydrogen-bond donors (Lipinski definition) is 2. The molecule has 1 aliphatic carbocycles. The van der Waals surface area contributed by atoms with Gasteiger partial charge in [-0.15, -0.1) is 0 Å². The van der Waals surface area contributed by atoms with Crippen LogP contribution in [0.5, 0.6) is 0 Å². The molecule has 0 bridgehead atoms. The van der Waals surface area contributed by atoms with Crippen molar-refractivity contribution in [2.24, 2.45) is 0 Å². The van der Waals surface area contributed by atoms with Gasteiger partial charge in [0.25, 0.3) is 11.8 Å². The van der Waals surface area contributed by atoms with Crippen LogP contribution in [0.2, 0.25) is 0 Å². The maximum Gasteiger partial charge on any atom is 0.255 e. The Labute approximate surface area is 251 Å². The lowest BCUT2D eigenvalue weighted by molar-refractivity contribution is 0.0928. The Bertz CT molecular complexity index is 2120. The second-order valence-electron chi connectivity index (χ2n) is 11.0. The third-order valence-electron chi connectivity index (χ3n) is 8.23. The van der Waals surface area contributed by atoms with E-state index in [9.17, 15) is 14.0 Å². The summed E-state index contributed by atoms with van der Waals surface area (Å²) in [5.41, 5.74) is 3.47. The average Bonchev–Trinajstić information content (AvgIpc) is 3.72. The fourth-order valence-corrected chi connectivity index (χ4v) is 5.65. The second-order valence-corrected chi connectivity index (χ2v) is 11.0. The van der Waals surface area contributed by atoms with Gasteiger partial charge >= 0.3 is 0 Å². The molecule has 1 saturated carbocycles. The maximum atomic E-state index is 16.4. The number of pyridine rings is 2. The van der Waals surface area contributed by atoms with Crippen molar-refractivity contribution >= 4 is 33.7 Å². The van der Waals surface area contributed by atoms with Crippen molar-refractivity contribution < 1.29 is 22.8 Å². The molecule has 218 valence electrons. The van der Waals surface area contributed by atoms with Crippen LogP contribution in [0.25, 0.3) is 44.3 Å². The summed E-state index contributed by atoms with van der Waals surface area (Å²) in [6.45, 7) is 1.83. The number of aromatic nitrogens is 2. The van der Waals surface area contributed by atoms with E-state index in [0.29, 0.717) is 16.7 Å². The first-order valence-electron chi connectivity index (χ1n) is 14.2. The first kappa shape index (κ1) is 27.4. The lowest BCUT2D eigenvalue weighted by atomic mass is 9.94. The first-order valence-corrected chi connectivity index (χ1v) is 14.2. The van der Waals surface area contributed by atoms with Crippen LogP contribution in [0.3, 0.4) is 0 Å². The van der Waals surface area contributed by atoms with Gasteiger partial charge in [-0.1, -0.05) is 6.07 Å². The Kier molecular flexibility index (Phi) is 6.46. The fraction of sp³-hybridized carbons (Fsp3) is 0.143. The highest BCUT2D eigenvalue weighted by atomic mass is 19.1. The van der Waals surface area contributed by atoms with Crippen molar-refractivity contribution in [3.63, 3.8) is 0 Å². The number of furan rings is 1. The summed E-state index contributed by atoms with van der Waals surface area (Å²) < 4.78 is 36.0. The quantitative estimate of drug-likeness (QED) is 0.217. The number of nitrogens with one attached hydrogen (secondary N) is 2. The van der Waals surface area contributed by atoms with Crippen molar-refractivity contribution in [3.05, 3.63) is 119 Å². The van der Waals surface area contributed by atoms with Crippen LogP contribution in [-0.2, 0) is 5.54 Å². The normalized spacial score (nSPS) is 13.6. The van der Waals surface area contributed by atoms with Crippen molar-refractivity contribution in [1.29, 1.82) is 0 Å². The van der Waals surface area contributed by atoms with Crippen molar-refractivity contribution in [1.82, 2.24) is 20.6 Å². The molecule has 0 aliphatic heterocycles. The Hall–Kier alpha value is -5.44. The summed E-state index contributed by atoms with van der Waals surface area (Å²) in [5.74, 6) is -1.81. The van der Waals surface area contributed by atoms with Crippen LogP contribution in [0.4, 0.5) is 8.78 Å². The monoisotopic (exact) mass is 588 g/mol. The van der Waals surface area contributed by atoms with E-state index >= 15 is 4.39 Å². The Morgan fingerprint density at radius 2 is 1.70 bits per heavy atom. The number of fused-ring (bicyclic) bond motifs is 2. The molecular weight excluding hydrogens is 562 g/mol. The minimum Gasteiger partial charge on any atom is -0.455 e. The Morgan fingerprint density at radius 1 is 0.909 bits per heavy atom. The van der Waals surface area contributed by atoms with Crippen LogP contribution in [0.1, 0.15) is 44.8 Å². The molecule has 2 amide bonds. The molecule has 3 heterocycles. The molecular formula is C35H26F2N4O3. The Morgan fingerprint density at radius 3 is 2.45 bits per heavy atom. The van der Waals surface area contributed by atoms with Gasteiger partial charge in [-0.2, -0.15) is 0 Å². The minimum atomic E-state index is -0.660. The highest BCUT2D eigenvalue weighted by Gasteiger charge is 2.47. The topological polar surface area (TPSA) is 97.1 Å². The number of carbonyl (C=O) groups excluding carboxylic acids is 2. The summed E-state index contributed by atoms with van der Waals surface area (Å²) in [6, 6.07) is 19.5. The number of aryl methyl sites for hydroxylation is 1. The summed E-state index contributed by atoms with van der Waals surface area (Å²) in [5, 5.41) is 6.64. The SMILES string of the molecule is CNC(=O)c1c(-c2ccc(F)cc2)oc2ccc(-c3cc(C(=O)NC4(c5ccc6cnccc6n5)CC4)ccc3C)c(F)c12. The van der Waals surface area contributed by atoms with E-state index in [4.69, 9.17) is 9.40 Å². The van der Waals surface area contributed by atoms with Crippen molar-refractivity contribution in [3.8, 4) is 22.5 Å². The van der Waals surface area contributed by atoms with Gasteiger partial charge < -0.3 is 15.1 Å². The van der Waals surface area contributed by atoms with E-state index in [0.717, 1.165) is 35.0 Å². The lowest BCUT2D eigenvalue weighted by Gasteiger charge is -2.18. The summed E-state index contributed by atoms with van der Waals surface area (Å²) in [7, 11) is 1.45. The molecule has 0 unspecified atom stereocenters. The third-order valence-corrected chi connectivity index (χ3v) is 8.23. The highest BCUT2D eigenvalue weighted by Crippen LogP contribution is 2.45. The zero-order valence-electron chi connectivity index (χ0n) is 23.9. The molecule has 1 aliphatic rings. The summed E-state index contributed by atoms with van der Waals surface area (Å²) >= 11 is 0. The zero-order valence-corrected chi connectivity index (χ0v) is 23.9. The van der Waals surface area contributed by atoms with Gasteiger partial charge in [0, 0.05) is 41.5 Å². The van der Waals surface area contributed by atoms with E-state index in [1.807, 2.05) is 25.1 Å². The van der Waals surface area contributed by atoms with E-state index in [-0.39, 0.29) is 33.8 Å². The van der Waals surface area contributed by atoms with Crippen LogP contribution in [0.15, 0.2) is 89.6 Å². The smallest absolute Gasteiger partial charge is 0.255 e. The van der Waals surface area contributed by atoms with Crippen molar-refractivity contribution in [2.45, 2.75) is 25.3 Å². The number of carbonyl (C=O) groups is 2. The van der Waals surface area contributed by atoms with Gasteiger partial charge in [-0.3, -0.25) is 19.6 Å². The molecule has 44 heavy (non-hydrogen) atoms. The first-order chi connectivity index (χ1) is 21.3. The van der Waals surface area contributed by atoms with Crippen LogP contribution < -0.4 is 10.6 Å². The van der Waals surface area contributed by atoms with Crippen molar-refractivity contribution in [2.75, 3.05) is 7.05 Å². The number of rotatable bonds is 6. The van der Waals surface area contributed by atoms with Gasteiger partial charge in [-0.25, -0.2) is 8.78 Å². The van der Waals surface area contributed by atoms with Gasteiger partial charge in [0.1, 0.15) is 23.0 Å². The van der Waals surface area contributed by atoms with E-state index in [2.05, 4.69) is 15.6 Å². The predicted octanol–water partition coefficient (Wildman–Crippen LogP) is 7.08. The number of amides is 2. The average molecular weight is 589 g/mol. The Balaban J connectivity index is 1.27. The largest absolute Gasteiger partial charge is 0.455 e. The zero-order chi connectivity index (χ0) is 30.6. The standard InChI is InChI=1S/C35H26F2N4O3/c1-19-3-4-21(33(42)41-35(14-15-35)28-12-7-22-18-39-16-13-26(22)40-28)17-25(19)24-10-11-27-29(31(24)37)30(34(43)38-2)32(44-27)20-5-8-23(36)9-6-20/h3-13,16-18H,14-15H2,1-2H3,(H,38,43)(H,41,42). The molecule has 0 saturated heterocycles. The fourth-order valence-electron chi connectivity index (χ4n) is 5.65. The molecule has 9 heteroatoms. The predicted molar refractivity (Wildman–Crippen MR) is 163 cm³/mol. The molecule has 6 aromatic rings. The number of benzene rings is 3.